The SMILES string of the molecule is CCN1CC(c2ccccc2)C2(CCCN(C(=O)[C@@H](COCc3ccccc3)NC(=O)C(C)(C)N)C2)C1=O. The summed E-state index contributed by atoms with van der Waals surface area (Å²) in [4.78, 5) is 44.1. The van der Waals surface area contributed by atoms with Crippen LogP contribution in [0.3, 0.4) is 0 Å². The van der Waals surface area contributed by atoms with E-state index in [4.69, 9.17) is 10.5 Å². The molecule has 3 N–H and O–H groups in total. The van der Waals surface area contributed by atoms with Gasteiger partial charge in [-0.1, -0.05) is 60.7 Å². The Hall–Kier alpha value is -3.23. The summed E-state index contributed by atoms with van der Waals surface area (Å²) in [5, 5.41) is 2.82. The maximum atomic E-state index is 13.9. The summed E-state index contributed by atoms with van der Waals surface area (Å²) in [5.74, 6) is -0.570. The molecule has 3 amide bonds. The molecule has 3 atom stereocenters. The standard InChI is InChI=1S/C30H40N4O4/c1-4-33-18-24(23-14-9-6-10-15-23)30(28(33)37)16-11-17-34(21-30)26(35)25(32-27(36)29(2,3)31)20-38-19-22-12-7-5-8-13-22/h5-10,12-15,24-25H,4,11,16-21,31H2,1-3H3,(H,32,36)/t24?,25-,30?/m1/s1. The van der Waals surface area contributed by atoms with Gasteiger partial charge in [0.25, 0.3) is 0 Å². The number of ether oxygens (including phenoxy) is 1. The number of benzene rings is 2. The second-order valence-corrected chi connectivity index (χ2v) is 11.1. The molecule has 0 aliphatic carbocycles. The average Bonchev–Trinajstić information content (AvgIpc) is 3.18. The molecule has 0 radical (unpaired) electrons. The van der Waals surface area contributed by atoms with E-state index in [2.05, 4.69) is 17.4 Å². The van der Waals surface area contributed by atoms with E-state index >= 15 is 0 Å². The fraction of sp³-hybridized carbons (Fsp3) is 0.500. The molecule has 38 heavy (non-hydrogen) atoms. The van der Waals surface area contributed by atoms with Gasteiger partial charge in [0.2, 0.25) is 17.7 Å². The number of hydrogen-bond acceptors (Lipinski definition) is 5. The number of carbonyl (C=O) groups excluding carboxylic acids is 3. The number of rotatable bonds is 9. The Morgan fingerprint density at radius 1 is 1.13 bits per heavy atom. The van der Waals surface area contributed by atoms with Crippen LogP contribution in [0.4, 0.5) is 0 Å². The van der Waals surface area contributed by atoms with Crippen molar-refractivity contribution in [2.24, 2.45) is 11.1 Å². The van der Waals surface area contributed by atoms with Gasteiger partial charge < -0.3 is 25.6 Å². The third-order valence-electron chi connectivity index (χ3n) is 7.79. The van der Waals surface area contributed by atoms with Gasteiger partial charge in [-0.05, 0) is 44.7 Å². The second-order valence-electron chi connectivity index (χ2n) is 11.1. The van der Waals surface area contributed by atoms with Crippen LogP contribution in [-0.4, -0.2) is 71.9 Å². The van der Waals surface area contributed by atoms with E-state index in [-0.39, 0.29) is 24.3 Å². The molecule has 2 aliphatic heterocycles. The summed E-state index contributed by atoms with van der Waals surface area (Å²) in [6, 6.07) is 18.9. The lowest BCUT2D eigenvalue weighted by atomic mass is 9.69. The number of hydrogen-bond donors (Lipinski definition) is 2. The molecule has 2 unspecified atom stereocenters. The largest absolute Gasteiger partial charge is 0.374 e. The molecule has 2 aliphatic rings. The predicted octanol–water partition coefficient (Wildman–Crippen LogP) is 2.68. The Balaban J connectivity index is 1.55. The van der Waals surface area contributed by atoms with Crippen LogP contribution in [0, 0.1) is 5.41 Å². The fourth-order valence-corrected chi connectivity index (χ4v) is 5.66. The number of nitrogens with two attached hydrogens (primary N) is 1. The summed E-state index contributed by atoms with van der Waals surface area (Å²) < 4.78 is 5.89. The first-order valence-electron chi connectivity index (χ1n) is 13.5. The van der Waals surface area contributed by atoms with Gasteiger partial charge in [0.1, 0.15) is 6.04 Å². The molecule has 2 aromatic carbocycles. The first-order chi connectivity index (χ1) is 18.2. The van der Waals surface area contributed by atoms with Gasteiger partial charge in [0, 0.05) is 32.1 Å². The van der Waals surface area contributed by atoms with E-state index in [9.17, 15) is 14.4 Å². The smallest absolute Gasteiger partial charge is 0.247 e. The molecule has 1 spiro atoms. The van der Waals surface area contributed by atoms with Gasteiger partial charge in [-0.15, -0.1) is 0 Å². The normalized spacial score (nSPS) is 22.5. The molecule has 2 heterocycles. The van der Waals surface area contributed by atoms with E-state index in [1.807, 2.05) is 60.4 Å². The monoisotopic (exact) mass is 520 g/mol. The molecule has 0 saturated carbocycles. The van der Waals surface area contributed by atoms with Crippen LogP contribution in [0.15, 0.2) is 60.7 Å². The van der Waals surface area contributed by atoms with Crippen molar-refractivity contribution >= 4 is 17.7 Å². The minimum Gasteiger partial charge on any atom is -0.374 e. The Bertz CT molecular complexity index is 1120. The zero-order valence-corrected chi connectivity index (χ0v) is 22.7. The first-order valence-corrected chi connectivity index (χ1v) is 13.5. The van der Waals surface area contributed by atoms with E-state index in [1.165, 1.54) is 0 Å². The van der Waals surface area contributed by atoms with Crippen LogP contribution < -0.4 is 11.1 Å². The molecular weight excluding hydrogens is 480 g/mol. The number of nitrogens with zero attached hydrogens (tertiary/aromatic N) is 2. The Morgan fingerprint density at radius 2 is 1.79 bits per heavy atom. The lowest BCUT2D eigenvalue weighted by molar-refractivity contribution is -0.147. The average molecular weight is 521 g/mol. The van der Waals surface area contributed by atoms with E-state index in [1.54, 1.807) is 18.7 Å². The number of likely N-dealkylation sites (N-methyl/N-ethyl adjacent to an activating group) is 1. The summed E-state index contributed by atoms with van der Waals surface area (Å²) in [5.41, 5.74) is 6.28. The van der Waals surface area contributed by atoms with Crippen molar-refractivity contribution in [1.82, 2.24) is 15.1 Å². The summed E-state index contributed by atoms with van der Waals surface area (Å²) in [6.07, 6.45) is 1.44. The third kappa shape index (κ3) is 5.92. The van der Waals surface area contributed by atoms with E-state index in [0.29, 0.717) is 39.2 Å². The van der Waals surface area contributed by atoms with Crippen LogP contribution in [0.5, 0.6) is 0 Å². The highest BCUT2D eigenvalue weighted by Crippen LogP contribution is 2.49. The molecule has 2 saturated heterocycles. The number of nitrogens with one attached hydrogen (secondary N) is 1. The summed E-state index contributed by atoms with van der Waals surface area (Å²) in [7, 11) is 0. The highest BCUT2D eigenvalue weighted by atomic mass is 16.5. The molecule has 2 aromatic rings. The molecule has 2 fully saturated rings. The molecule has 8 heteroatoms. The number of piperidine rings is 1. The molecule has 8 nitrogen and oxygen atoms in total. The molecule has 0 bridgehead atoms. The Kier molecular flexibility index (Phi) is 8.53. The maximum Gasteiger partial charge on any atom is 0.247 e. The van der Waals surface area contributed by atoms with Crippen LogP contribution in [-0.2, 0) is 25.7 Å². The van der Waals surface area contributed by atoms with Gasteiger partial charge in [-0.25, -0.2) is 0 Å². The van der Waals surface area contributed by atoms with Gasteiger partial charge in [0.15, 0.2) is 0 Å². The summed E-state index contributed by atoms with van der Waals surface area (Å²) in [6.45, 7) is 7.65. The van der Waals surface area contributed by atoms with Crippen molar-refractivity contribution in [3.63, 3.8) is 0 Å². The topological polar surface area (TPSA) is 105 Å². The zero-order chi connectivity index (χ0) is 27.3. The number of likely N-dealkylation sites (tertiary alicyclic amines) is 2. The summed E-state index contributed by atoms with van der Waals surface area (Å²) >= 11 is 0. The number of amides is 3. The maximum absolute atomic E-state index is 13.9. The zero-order valence-electron chi connectivity index (χ0n) is 22.7. The Labute approximate surface area is 225 Å². The van der Waals surface area contributed by atoms with Crippen LogP contribution in [0.25, 0.3) is 0 Å². The van der Waals surface area contributed by atoms with Gasteiger partial charge in [-0.3, -0.25) is 14.4 Å². The predicted molar refractivity (Wildman–Crippen MR) is 146 cm³/mol. The van der Waals surface area contributed by atoms with Crippen LogP contribution in [0.2, 0.25) is 0 Å². The van der Waals surface area contributed by atoms with Crippen LogP contribution in [0.1, 0.15) is 50.7 Å². The minimum absolute atomic E-state index is 0.00269. The van der Waals surface area contributed by atoms with Crippen LogP contribution >= 0.6 is 0 Å². The van der Waals surface area contributed by atoms with Gasteiger partial charge in [-0.2, -0.15) is 0 Å². The van der Waals surface area contributed by atoms with Crippen molar-refractivity contribution in [2.75, 3.05) is 32.8 Å². The molecule has 0 aromatic heterocycles. The highest BCUT2D eigenvalue weighted by Gasteiger charge is 2.56. The van der Waals surface area contributed by atoms with Gasteiger partial charge in [0.05, 0.1) is 24.2 Å². The third-order valence-corrected chi connectivity index (χ3v) is 7.79. The molecule has 4 rings (SSSR count). The van der Waals surface area contributed by atoms with Crippen molar-refractivity contribution in [3.05, 3.63) is 71.8 Å². The highest BCUT2D eigenvalue weighted by molar-refractivity contribution is 5.92. The van der Waals surface area contributed by atoms with E-state index in [0.717, 1.165) is 17.5 Å². The lowest BCUT2D eigenvalue weighted by Gasteiger charge is -2.43. The fourth-order valence-electron chi connectivity index (χ4n) is 5.66. The number of carbonyl (C=O) groups is 3. The first kappa shape index (κ1) is 27.8. The van der Waals surface area contributed by atoms with E-state index < -0.39 is 22.9 Å². The molecule has 204 valence electrons. The minimum atomic E-state index is -1.15. The Morgan fingerprint density at radius 3 is 2.42 bits per heavy atom. The second kappa shape index (κ2) is 11.7. The van der Waals surface area contributed by atoms with Crippen molar-refractivity contribution < 1.29 is 19.1 Å². The quantitative estimate of drug-likeness (QED) is 0.529. The van der Waals surface area contributed by atoms with Crippen molar-refractivity contribution in [2.45, 2.75) is 57.7 Å². The van der Waals surface area contributed by atoms with Crippen molar-refractivity contribution in [1.29, 1.82) is 0 Å². The van der Waals surface area contributed by atoms with Crippen molar-refractivity contribution in [3.8, 4) is 0 Å². The lowest BCUT2D eigenvalue weighted by Crippen LogP contribution is -2.60. The molecular formula is C30H40N4O4. The van der Waals surface area contributed by atoms with Gasteiger partial charge >= 0.3 is 0 Å².